The summed E-state index contributed by atoms with van der Waals surface area (Å²) >= 11 is 0. The highest BCUT2D eigenvalue weighted by Gasteiger charge is 2.13. The van der Waals surface area contributed by atoms with E-state index in [4.69, 9.17) is 30.9 Å². The van der Waals surface area contributed by atoms with Crippen molar-refractivity contribution in [2.45, 2.75) is 14.7 Å². The molecule has 0 saturated heterocycles. The van der Waals surface area contributed by atoms with E-state index in [1.165, 1.54) is 30.3 Å². The Bertz CT molecular complexity index is 2390. The van der Waals surface area contributed by atoms with E-state index in [-0.39, 0.29) is 14.7 Å². The maximum absolute atomic E-state index is 11.1. The number of rotatable bonds is 3. The molecule has 0 spiro atoms. The summed E-state index contributed by atoms with van der Waals surface area (Å²) in [5.41, 5.74) is 18.4. The van der Waals surface area contributed by atoms with Crippen molar-refractivity contribution in [1.82, 2.24) is 0 Å². The minimum Gasteiger partial charge on any atom is -0.399 e. The molecule has 0 bridgehead atoms. The van der Waals surface area contributed by atoms with E-state index >= 15 is 0 Å². The van der Waals surface area contributed by atoms with Gasteiger partial charge >= 0.3 is 0 Å². The van der Waals surface area contributed by atoms with Gasteiger partial charge in [-0.25, -0.2) is 0 Å². The molecule has 15 heteroatoms. The lowest BCUT2D eigenvalue weighted by molar-refractivity contribution is 0.481. The number of fused-ring (bicyclic) bond motifs is 3. The van der Waals surface area contributed by atoms with Gasteiger partial charge in [0.2, 0.25) is 0 Å². The van der Waals surface area contributed by atoms with Crippen molar-refractivity contribution < 1.29 is 38.9 Å². The quantitative estimate of drug-likeness (QED) is 0.108. The third-order valence-corrected chi connectivity index (χ3v) is 9.02. The average molecular weight is 670 g/mol. The molecule has 0 aliphatic rings. The lowest BCUT2D eigenvalue weighted by atomic mass is 10.1. The predicted octanol–water partition coefficient (Wildman–Crippen LogP) is 5.01. The SMILES string of the molecule is Nc1ccc2c(S(=O)(=O)O)cccc2c1.Nc1ccc2cc(S(=O)(=O)O)ccc2c1.Nc1ccc2ccc(S(=O)(=O)O)cc2c1. The molecule has 0 aliphatic heterocycles. The van der Waals surface area contributed by atoms with Crippen LogP contribution in [0.25, 0.3) is 32.3 Å². The van der Waals surface area contributed by atoms with Crippen LogP contribution >= 0.6 is 0 Å². The fourth-order valence-electron chi connectivity index (χ4n) is 4.30. The molecule has 12 nitrogen and oxygen atoms in total. The van der Waals surface area contributed by atoms with Gasteiger partial charge < -0.3 is 17.2 Å². The second kappa shape index (κ2) is 12.7. The van der Waals surface area contributed by atoms with Crippen molar-refractivity contribution >= 4 is 79.7 Å². The van der Waals surface area contributed by atoms with E-state index in [1.807, 2.05) is 0 Å². The normalized spacial score (nSPS) is 11.8. The standard InChI is InChI=1S/3C10H9NO3S/c11-9-3-1-8-6-10(15(12,13)14)4-2-7(8)5-9;11-9-3-1-7-2-4-10(15(12,13)14)6-8(7)5-9;11-8-4-5-9-7(6-8)2-1-3-10(9)15(12,13)14/h3*1-6H,11H2,(H,12,13,14). The Balaban J connectivity index is 0.000000154. The van der Waals surface area contributed by atoms with Crippen LogP contribution in [-0.2, 0) is 30.4 Å². The summed E-state index contributed by atoms with van der Waals surface area (Å²) in [4.78, 5) is -0.333. The zero-order valence-electron chi connectivity index (χ0n) is 23.1. The minimum absolute atomic E-state index is 0.0972. The molecule has 0 aromatic heterocycles. The van der Waals surface area contributed by atoms with E-state index in [1.54, 1.807) is 78.9 Å². The van der Waals surface area contributed by atoms with E-state index < -0.39 is 30.4 Å². The third-order valence-electron chi connectivity index (χ3n) is 6.41. The Hall–Kier alpha value is -4.77. The zero-order valence-corrected chi connectivity index (χ0v) is 25.6. The Labute approximate surface area is 259 Å². The fourth-order valence-corrected chi connectivity index (χ4v) is 6.05. The highest BCUT2D eigenvalue weighted by molar-refractivity contribution is 7.86. The smallest absolute Gasteiger partial charge is 0.295 e. The molecule has 0 atom stereocenters. The molecule has 6 aromatic carbocycles. The predicted molar refractivity (Wildman–Crippen MR) is 175 cm³/mol. The molecule has 0 radical (unpaired) electrons. The lowest BCUT2D eigenvalue weighted by Crippen LogP contribution is -1.99. The van der Waals surface area contributed by atoms with Gasteiger partial charge in [-0.1, -0.05) is 42.5 Å². The van der Waals surface area contributed by atoms with Crippen LogP contribution in [0.3, 0.4) is 0 Å². The molecule has 0 aliphatic carbocycles. The van der Waals surface area contributed by atoms with E-state index in [0.29, 0.717) is 33.2 Å². The zero-order chi connectivity index (χ0) is 33.2. The lowest BCUT2D eigenvalue weighted by Gasteiger charge is -2.03. The molecule has 45 heavy (non-hydrogen) atoms. The van der Waals surface area contributed by atoms with E-state index in [2.05, 4.69) is 0 Å². The van der Waals surface area contributed by atoms with Crippen LogP contribution in [0.15, 0.2) is 124 Å². The number of hydrogen-bond donors (Lipinski definition) is 6. The first-order valence-corrected chi connectivity index (χ1v) is 17.0. The van der Waals surface area contributed by atoms with Crippen LogP contribution < -0.4 is 17.2 Å². The van der Waals surface area contributed by atoms with Crippen LogP contribution in [0.5, 0.6) is 0 Å². The summed E-state index contributed by atoms with van der Waals surface area (Å²) < 4.78 is 92.3. The molecule has 6 rings (SSSR count). The van der Waals surface area contributed by atoms with Gasteiger partial charge in [0, 0.05) is 22.4 Å². The molecule has 9 N–H and O–H groups in total. The van der Waals surface area contributed by atoms with Crippen LogP contribution in [-0.4, -0.2) is 38.9 Å². The summed E-state index contributed by atoms with van der Waals surface area (Å²) in [6.07, 6.45) is 0. The van der Waals surface area contributed by atoms with Gasteiger partial charge in [-0.05, 0) is 93.7 Å². The molecule has 0 unspecified atom stereocenters. The number of benzene rings is 6. The molecule has 0 saturated carbocycles. The maximum Gasteiger partial charge on any atom is 0.295 e. The van der Waals surface area contributed by atoms with Crippen molar-refractivity contribution in [3.63, 3.8) is 0 Å². The monoisotopic (exact) mass is 669 g/mol. The van der Waals surface area contributed by atoms with Gasteiger partial charge in [-0.3, -0.25) is 13.7 Å². The number of nitrogen functional groups attached to an aromatic ring is 3. The van der Waals surface area contributed by atoms with Crippen LogP contribution in [0.4, 0.5) is 17.1 Å². The molecular weight excluding hydrogens is 643 g/mol. The molecule has 6 aromatic rings. The summed E-state index contributed by atoms with van der Waals surface area (Å²) in [7, 11) is -12.5. The Morgan fingerprint density at radius 3 is 1.38 bits per heavy atom. The maximum atomic E-state index is 11.1. The summed E-state index contributed by atoms with van der Waals surface area (Å²) in [6.45, 7) is 0. The number of hydrogen-bond acceptors (Lipinski definition) is 9. The first-order valence-electron chi connectivity index (χ1n) is 12.7. The van der Waals surface area contributed by atoms with E-state index in [9.17, 15) is 25.3 Å². The summed E-state index contributed by atoms with van der Waals surface area (Å²) in [6, 6.07) is 28.5. The van der Waals surface area contributed by atoms with Crippen molar-refractivity contribution in [1.29, 1.82) is 0 Å². The van der Waals surface area contributed by atoms with Gasteiger partial charge in [0.1, 0.15) is 4.90 Å². The van der Waals surface area contributed by atoms with Crippen LogP contribution in [0, 0.1) is 0 Å². The third kappa shape index (κ3) is 8.45. The van der Waals surface area contributed by atoms with Gasteiger partial charge in [-0.2, -0.15) is 25.3 Å². The molecule has 0 fully saturated rings. The van der Waals surface area contributed by atoms with Crippen molar-refractivity contribution in [3.8, 4) is 0 Å². The average Bonchev–Trinajstić information content (AvgIpc) is 2.95. The largest absolute Gasteiger partial charge is 0.399 e. The van der Waals surface area contributed by atoms with Crippen molar-refractivity contribution in [2.24, 2.45) is 0 Å². The van der Waals surface area contributed by atoms with Gasteiger partial charge in [-0.15, -0.1) is 0 Å². The second-order valence-corrected chi connectivity index (χ2v) is 13.9. The Morgan fingerprint density at radius 1 is 0.400 bits per heavy atom. The second-order valence-electron chi connectivity index (χ2n) is 9.70. The number of nitrogens with two attached hydrogens (primary N) is 3. The molecular formula is C30H27N3O9S3. The Morgan fingerprint density at radius 2 is 0.822 bits per heavy atom. The van der Waals surface area contributed by atoms with Gasteiger partial charge in [0.05, 0.1) is 9.79 Å². The topological polar surface area (TPSA) is 241 Å². The van der Waals surface area contributed by atoms with Gasteiger partial charge in [0.25, 0.3) is 30.4 Å². The van der Waals surface area contributed by atoms with Gasteiger partial charge in [0.15, 0.2) is 0 Å². The molecule has 234 valence electrons. The van der Waals surface area contributed by atoms with Crippen LogP contribution in [0.2, 0.25) is 0 Å². The first kappa shape index (κ1) is 33.1. The van der Waals surface area contributed by atoms with E-state index in [0.717, 1.165) is 16.2 Å². The highest BCUT2D eigenvalue weighted by atomic mass is 32.2. The Kier molecular flexibility index (Phi) is 9.34. The summed E-state index contributed by atoms with van der Waals surface area (Å²) in [5, 5.41) is 4.27. The van der Waals surface area contributed by atoms with Crippen LogP contribution in [0.1, 0.15) is 0 Å². The van der Waals surface area contributed by atoms with Crippen molar-refractivity contribution in [3.05, 3.63) is 109 Å². The van der Waals surface area contributed by atoms with Crippen molar-refractivity contribution in [2.75, 3.05) is 17.2 Å². The molecule has 0 amide bonds. The minimum atomic E-state index is -4.18. The highest BCUT2D eigenvalue weighted by Crippen LogP contribution is 2.25. The molecule has 0 heterocycles. The number of anilines is 3. The fraction of sp³-hybridized carbons (Fsp3) is 0. The first-order chi connectivity index (χ1) is 20.9. The summed E-state index contributed by atoms with van der Waals surface area (Å²) in [5.74, 6) is 0.